The topological polar surface area (TPSA) is 40.5 Å². The number of nitrogens with zero attached hydrogens (tertiary/aromatic N) is 1. The van der Waals surface area contributed by atoms with Gasteiger partial charge in [-0.05, 0) is 23.5 Å². The third-order valence-electron chi connectivity index (χ3n) is 3.18. The quantitative estimate of drug-likeness (QED) is 0.868. The first kappa shape index (κ1) is 12.0. The molecule has 1 N–H and O–H groups in total. The zero-order valence-electron chi connectivity index (χ0n) is 10.4. The number of carboxylic acids is 1. The largest absolute Gasteiger partial charge is 0.481 e. The van der Waals surface area contributed by atoms with Gasteiger partial charge in [-0.15, -0.1) is 0 Å². The molecule has 0 atom stereocenters. The third kappa shape index (κ3) is 2.78. The van der Waals surface area contributed by atoms with Gasteiger partial charge in [-0.2, -0.15) is 0 Å². The Bertz CT molecular complexity index is 418. The minimum absolute atomic E-state index is 0.203. The van der Waals surface area contributed by atoms with E-state index in [0.717, 1.165) is 18.7 Å². The predicted molar refractivity (Wildman–Crippen MR) is 68.4 cm³/mol. The highest BCUT2D eigenvalue weighted by Gasteiger charge is 2.34. The van der Waals surface area contributed by atoms with Crippen molar-refractivity contribution in [2.24, 2.45) is 5.41 Å². The molecule has 0 aromatic heterocycles. The average Bonchev–Trinajstić information content (AvgIpc) is 2.23. The summed E-state index contributed by atoms with van der Waals surface area (Å²) in [5, 5.41) is 8.74. The Morgan fingerprint density at radius 2 is 2.00 bits per heavy atom. The molecule has 0 aliphatic carbocycles. The molecule has 0 unspecified atom stereocenters. The lowest BCUT2D eigenvalue weighted by molar-refractivity contribution is -0.136. The standard InChI is InChI=1S/C14H19NO2/c1-14(2)9-15(10-14)12-6-4-3-5-11(12)7-8-13(16)17/h3-6H,7-10H2,1-2H3,(H,16,17). The van der Waals surface area contributed by atoms with Crippen LogP contribution < -0.4 is 4.90 Å². The minimum Gasteiger partial charge on any atom is -0.481 e. The molecule has 1 heterocycles. The molecule has 0 radical (unpaired) electrons. The maximum absolute atomic E-state index is 10.6. The number of para-hydroxylation sites is 1. The highest BCUT2D eigenvalue weighted by atomic mass is 16.4. The van der Waals surface area contributed by atoms with Crippen LogP contribution >= 0.6 is 0 Å². The van der Waals surface area contributed by atoms with Crippen molar-refractivity contribution in [3.8, 4) is 0 Å². The van der Waals surface area contributed by atoms with E-state index in [1.807, 2.05) is 18.2 Å². The number of benzene rings is 1. The fraction of sp³-hybridized carbons (Fsp3) is 0.500. The van der Waals surface area contributed by atoms with Gasteiger partial charge in [-0.3, -0.25) is 4.79 Å². The summed E-state index contributed by atoms with van der Waals surface area (Å²) in [5.41, 5.74) is 2.73. The molecular weight excluding hydrogens is 214 g/mol. The lowest BCUT2D eigenvalue weighted by atomic mass is 9.83. The first-order valence-electron chi connectivity index (χ1n) is 6.03. The Morgan fingerprint density at radius 1 is 1.35 bits per heavy atom. The summed E-state index contributed by atoms with van der Waals surface area (Å²) in [6.45, 7) is 6.61. The summed E-state index contributed by atoms with van der Waals surface area (Å²) in [4.78, 5) is 13.0. The Hall–Kier alpha value is -1.51. The van der Waals surface area contributed by atoms with Crippen LogP contribution in [0.5, 0.6) is 0 Å². The van der Waals surface area contributed by atoms with Crippen molar-refractivity contribution >= 4 is 11.7 Å². The number of aliphatic carboxylic acids is 1. The van der Waals surface area contributed by atoms with Gasteiger partial charge >= 0.3 is 5.97 Å². The molecule has 3 heteroatoms. The summed E-state index contributed by atoms with van der Waals surface area (Å²) in [5.74, 6) is -0.733. The summed E-state index contributed by atoms with van der Waals surface area (Å²) in [6, 6.07) is 8.12. The lowest BCUT2D eigenvalue weighted by Crippen LogP contribution is -2.53. The fourth-order valence-corrected chi connectivity index (χ4v) is 2.43. The molecule has 1 aliphatic rings. The highest BCUT2D eigenvalue weighted by Crippen LogP contribution is 2.35. The maximum atomic E-state index is 10.6. The van der Waals surface area contributed by atoms with Crippen LogP contribution in [0.4, 0.5) is 5.69 Å². The van der Waals surface area contributed by atoms with Gasteiger partial charge in [0, 0.05) is 25.2 Å². The van der Waals surface area contributed by atoms with Crippen LogP contribution in [0.25, 0.3) is 0 Å². The van der Waals surface area contributed by atoms with E-state index in [2.05, 4.69) is 24.8 Å². The van der Waals surface area contributed by atoms with Crippen molar-refractivity contribution in [3.63, 3.8) is 0 Å². The molecule has 1 aromatic rings. The van der Waals surface area contributed by atoms with Gasteiger partial charge in [0.2, 0.25) is 0 Å². The van der Waals surface area contributed by atoms with Gasteiger partial charge in [-0.1, -0.05) is 32.0 Å². The van der Waals surface area contributed by atoms with Crippen LogP contribution in [0.3, 0.4) is 0 Å². The van der Waals surface area contributed by atoms with Gasteiger partial charge in [0.15, 0.2) is 0 Å². The molecule has 0 saturated carbocycles. The molecule has 1 fully saturated rings. The second kappa shape index (κ2) is 4.40. The zero-order chi connectivity index (χ0) is 12.5. The van der Waals surface area contributed by atoms with Crippen LogP contribution in [-0.2, 0) is 11.2 Å². The van der Waals surface area contributed by atoms with Gasteiger partial charge in [0.05, 0.1) is 0 Å². The van der Waals surface area contributed by atoms with E-state index in [1.54, 1.807) is 0 Å². The number of aryl methyl sites for hydroxylation is 1. The Kier molecular flexibility index (Phi) is 3.09. The van der Waals surface area contributed by atoms with E-state index in [4.69, 9.17) is 5.11 Å². The SMILES string of the molecule is CC1(C)CN(c2ccccc2CCC(=O)O)C1. The number of anilines is 1. The van der Waals surface area contributed by atoms with Crippen molar-refractivity contribution in [1.29, 1.82) is 0 Å². The molecule has 17 heavy (non-hydrogen) atoms. The molecule has 3 nitrogen and oxygen atoms in total. The molecule has 2 rings (SSSR count). The number of hydrogen-bond acceptors (Lipinski definition) is 2. The second-order valence-corrected chi connectivity index (χ2v) is 5.54. The molecule has 1 saturated heterocycles. The summed E-state index contributed by atoms with van der Waals surface area (Å²) >= 11 is 0. The summed E-state index contributed by atoms with van der Waals surface area (Å²) in [7, 11) is 0. The molecule has 1 aliphatic heterocycles. The number of carbonyl (C=O) groups is 1. The average molecular weight is 233 g/mol. The predicted octanol–water partition coefficient (Wildman–Crippen LogP) is 2.55. The van der Waals surface area contributed by atoms with Crippen LogP contribution in [0.15, 0.2) is 24.3 Å². The molecule has 0 amide bonds. The summed E-state index contributed by atoms with van der Waals surface area (Å²) < 4.78 is 0. The van der Waals surface area contributed by atoms with E-state index in [-0.39, 0.29) is 6.42 Å². The lowest BCUT2D eigenvalue weighted by Gasteiger charge is -2.48. The van der Waals surface area contributed by atoms with Gasteiger partial charge in [0.25, 0.3) is 0 Å². The molecule has 92 valence electrons. The number of carboxylic acid groups (broad SMARTS) is 1. The monoisotopic (exact) mass is 233 g/mol. The first-order valence-corrected chi connectivity index (χ1v) is 6.03. The Morgan fingerprint density at radius 3 is 2.59 bits per heavy atom. The molecule has 1 aromatic carbocycles. The van der Waals surface area contributed by atoms with Gasteiger partial charge in [-0.25, -0.2) is 0 Å². The molecule has 0 spiro atoms. The third-order valence-corrected chi connectivity index (χ3v) is 3.18. The van der Waals surface area contributed by atoms with E-state index >= 15 is 0 Å². The maximum Gasteiger partial charge on any atom is 0.303 e. The van der Waals surface area contributed by atoms with Crippen molar-refractivity contribution < 1.29 is 9.90 Å². The number of rotatable bonds is 4. The molecule has 0 bridgehead atoms. The van der Waals surface area contributed by atoms with Crippen LogP contribution in [0.2, 0.25) is 0 Å². The Labute approximate surface area is 102 Å². The van der Waals surface area contributed by atoms with Crippen molar-refractivity contribution in [1.82, 2.24) is 0 Å². The smallest absolute Gasteiger partial charge is 0.303 e. The van der Waals surface area contributed by atoms with Gasteiger partial charge < -0.3 is 10.0 Å². The van der Waals surface area contributed by atoms with Crippen LogP contribution in [-0.4, -0.2) is 24.2 Å². The van der Waals surface area contributed by atoms with Crippen LogP contribution in [0.1, 0.15) is 25.8 Å². The van der Waals surface area contributed by atoms with Gasteiger partial charge in [0.1, 0.15) is 0 Å². The molecular formula is C14H19NO2. The normalized spacial score (nSPS) is 17.6. The fourth-order valence-electron chi connectivity index (χ4n) is 2.43. The van der Waals surface area contributed by atoms with E-state index in [9.17, 15) is 4.79 Å². The van der Waals surface area contributed by atoms with E-state index in [1.165, 1.54) is 5.69 Å². The van der Waals surface area contributed by atoms with Crippen molar-refractivity contribution in [2.75, 3.05) is 18.0 Å². The van der Waals surface area contributed by atoms with E-state index in [0.29, 0.717) is 11.8 Å². The second-order valence-electron chi connectivity index (χ2n) is 5.54. The minimum atomic E-state index is -0.733. The van der Waals surface area contributed by atoms with Crippen LogP contribution in [0, 0.1) is 5.41 Å². The van der Waals surface area contributed by atoms with Crippen molar-refractivity contribution in [3.05, 3.63) is 29.8 Å². The summed E-state index contributed by atoms with van der Waals surface area (Å²) in [6.07, 6.45) is 0.816. The van der Waals surface area contributed by atoms with E-state index < -0.39 is 5.97 Å². The zero-order valence-corrected chi connectivity index (χ0v) is 10.4. The highest BCUT2D eigenvalue weighted by molar-refractivity contribution is 5.68. The first-order chi connectivity index (χ1) is 7.98. The van der Waals surface area contributed by atoms with Crippen molar-refractivity contribution in [2.45, 2.75) is 26.7 Å². The number of hydrogen-bond donors (Lipinski definition) is 1. The Balaban J connectivity index is 2.09.